The third-order valence-electron chi connectivity index (χ3n) is 6.56. The SMILES string of the molecule is Cc1ccc(N)c(C(=O)N2CCCCC2c2cc3nc(C)c(C)c(NC4CC4)n3n2)c1. The standard InChI is InChI=1S/C24H30N6O/c1-14-7-10-19(25)18(12-14)24(31)29-11-5-4-6-21(29)20-13-22-26-16(3)15(2)23(30(22)28-20)27-17-8-9-17/h7,10,12-13,17,21,27H,4-6,8-9,11,25H2,1-3H3. The summed E-state index contributed by atoms with van der Waals surface area (Å²) >= 11 is 0. The van der Waals surface area contributed by atoms with Gasteiger partial charge in [-0.05, 0) is 65.0 Å². The van der Waals surface area contributed by atoms with Crippen molar-refractivity contribution in [2.24, 2.45) is 0 Å². The van der Waals surface area contributed by atoms with Crippen LogP contribution in [0.1, 0.15) is 71.0 Å². The highest BCUT2D eigenvalue weighted by Crippen LogP contribution is 2.34. The van der Waals surface area contributed by atoms with Gasteiger partial charge in [0.1, 0.15) is 5.82 Å². The molecule has 1 saturated heterocycles. The lowest BCUT2D eigenvalue weighted by molar-refractivity contribution is 0.0607. The molecule has 7 nitrogen and oxygen atoms in total. The van der Waals surface area contributed by atoms with Crippen LogP contribution in [0.3, 0.4) is 0 Å². The Kier molecular flexibility index (Phi) is 4.84. The van der Waals surface area contributed by atoms with Gasteiger partial charge in [0, 0.05) is 35.6 Å². The number of aryl methyl sites for hydroxylation is 2. The number of nitrogens with one attached hydrogen (secondary N) is 1. The second-order valence-electron chi connectivity index (χ2n) is 9.03. The van der Waals surface area contributed by atoms with Crippen LogP contribution in [0.15, 0.2) is 24.3 Å². The molecule has 1 unspecified atom stereocenters. The van der Waals surface area contributed by atoms with Crippen molar-refractivity contribution in [1.82, 2.24) is 19.5 Å². The lowest BCUT2D eigenvalue weighted by atomic mass is 9.97. The van der Waals surface area contributed by atoms with E-state index in [1.165, 1.54) is 12.8 Å². The number of benzene rings is 1. The second kappa shape index (κ2) is 7.55. The predicted octanol–water partition coefficient (Wildman–Crippen LogP) is 4.18. The summed E-state index contributed by atoms with van der Waals surface area (Å²) in [5.41, 5.74) is 12.2. The maximum absolute atomic E-state index is 13.5. The van der Waals surface area contributed by atoms with Crippen LogP contribution in [0.4, 0.5) is 11.5 Å². The van der Waals surface area contributed by atoms with Crippen LogP contribution >= 0.6 is 0 Å². The van der Waals surface area contributed by atoms with Gasteiger partial charge < -0.3 is 16.0 Å². The number of nitrogens with two attached hydrogens (primary N) is 1. The molecule has 0 bridgehead atoms. The number of aromatic nitrogens is 3. The molecule has 0 spiro atoms. The number of nitrogen functional groups attached to an aromatic ring is 1. The highest BCUT2D eigenvalue weighted by atomic mass is 16.2. The first-order chi connectivity index (χ1) is 14.9. The fraction of sp³-hybridized carbons (Fsp3) is 0.458. The number of hydrogen-bond acceptors (Lipinski definition) is 5. The lowest BCUT2D eigenvalue weighted by Gasteiger charge is -2.35. The third-order valence-corrected chi connectivity index (χ3v) is 6.56. The number of anilines is 2. The molecule has 2 fully saturated rings. The van der Waals surface area contributed by atoms with Gasteiger partial charge in [-0.3, -0.25) is 4.79 Å². The zero-order valence-electron chi connectivity index (χ0n) is 18.5. The zero-order valence-corrected chi connectivity index (χ0v) is 18.5. The normalized spacial score (nSPS) is 19.1. The maximum atomic E-state index is 13.5. The molecule has 3 aromatic rings. The molecular formula is C24H30N6O. The van der Waals surface area contributed by atoms with E-state index in [-0.39, 0.29) is 11.9 Å². The van der Waals surface area contributed by atoms with E-state index in [1.54, 1.807) is 0 Å². The first-order valence-corrected chi connectivity index (χ1v) is 11.2. The van der Waals surface area contributed by atoms with Crippen LogP contribution < -0.4 is 11.1 Å². The van der Waals surface area contributed by atoms with Crippen molar-refractivity contribution in [2.75, 3.05) is 17.6 Å². The summed E-state index contributed by atoms with van der Waals surface area (Å²) in [7, 11) is 0. The van der Waals surface area contributed by atoms with Crippen molar-refractivity contribution in [3.8, 4) is 0 Å². The summed E-state index contributed by atoms with van der Waals surface area (Å²) in [6.45, 7) is 6.82. The average molecular weight is 419 g/mol. The van der Waals surface area contributed by atoms with E-state index in [0.29, 0.717) is 23.8 Å². The van der Waals surface area contributed by atoms with E-state index < -0.39 is 0 Å². The number of likely N-dealkylation sites (tertiary alicyclic amines) is 1. The first-order valence-electron chi connectivity index (χ1n) is 11.2. The molecule has 1 aliphatic heterocycles. The molecule has 1 amide bonds. The van der Waals surface area contributed by atoms with E-state index >= 15 is 0 Å². The molecule has 1 aliphatic carbocycles. The number of piperidine rings is 1. The van der Waals surface area contributed by atoms with Gasteiger partial charge >= 0.3 is 0 Å². The molecule has 7 heteroatoms. The Balaban J connectivity index is 1.54. The summed E-state index contributed by atoms with van der Waals surface area (Å²) in [5.74, 6) is 1.01. The van der Waals surface area contributed by atoms with Crippen LogP contribution in [0.5, 0.6) is 0 Å². The van der Waals surface area contributed by atoms with Crippen LogP contribution in [0, 0.1) is 20.8 Å². The van der Waals surface area contributed by atoms with Crippen LogP contribution in [-0.2, 0) is 0 Å². The minimum absolute atomic E-state index is 0.0143. The van der Waals surface area contributed by atoms with Crippen molar-refractivity contribution in [1.29, 1.82) is 0 Å². The highest BCUT2D eigenvalue weighted by Gasteiger charge is 2.32. The molecule has 1 atom stereocenters. The second-order valence-corrected chi connectivity index (χ2v) is 9.03. The van der Waals surface area contributed by atoms with Crippen molar-refractivity contribution in [2.45, 2.75) is 65.0 Å². The Morgan fingerprint density at radius 3 is 2.71 bits per heavy atom. The molecule has 31 heavy (non-hydrogen) atoms. The van der Waals surface area contributed by atoms with Gasteiger partial charge in [-0.15, -0.1) is 0 Å². The van der Waals surface area contributed by atoms with Crippen molar-refractivity contribution >= 4 is 23.1 Å². The molecule has 1 aromatic carbocycles. The zero-order chi connectivity index (χ0) is 21.7. The smallest absolute Gasteiger partial charge is 0.256 e. The summed E-state index contributed by atoms with van der Waals surface area (Å²) in [6, 6.07) is 8.13. The number of carbonyl (C=O) groups is 1. The fourth-order valence-electron chi connectivity index (χ4n) is 4.46. The Morgan fingerprint density at radius 1 is 1.13 bits per heavy atom. The minimum Gasteiger partial charge on any atom is -0.398 e. The first kappa shape index (κ1) is 19.8. The van der Waals surface area contributed by atoms with Gasteiger partial charge in [0.05, 0.1) is 17.3 Å². The Morgan fingerprint density at radius 2 is 1.94 bits per heavy atom. The number of rotatable bonds is 4. The summed E-state index contributed by atoms with van der Waals surface area (Å²) in [4.78, 5) is 20.2. The molecule has 3 heterocycles. The quantitative estimate of drug-likeness (QED) is 0.621. The number of nitrogens with zero attached hydrogens (tertiary/aromatic N) is 4. The number of hydrogen-bond donors (Lipinski definition) is 2. The average Bonchev–Trinajstić information content (AvgIpc) is 3.49. The van der Waals surface area contributed by atoms with Crippen molar-refractivity contribution in [3.63, 3.8) is 0 Å². The molecule has 5 rings (SSSR count). The van der Waals surface area contributed by atoms with Crippen LogP contribution in [0.2, 0.25) is 0 Å². The predicted molar refractivity (Wildman–Crippen MR) is 122 cm³/mol. The molecule has 1 saturated carbocycles. The monoisotopic (exact) mass is 418 g/mol. The molecular weight excluding hydrogens is 388 g/mol. The molecule has 3 N–H and O–H groups in total. The van der Waals surface area contributed by atoms with Gasteiger partial charge in [-0.25, -0.2) is 4.98 Å². The molecule has 2 aromatic heterocycles. The Hall–Kier alpha value is -3.09. The van der Waals surface area contributed by atoms with Crippen molar-refractivity contribution in [3.05, 3.63) is 52.3 Å². The van der Waals surface area contributed by atoms with Gasteiger partial charge in [-0.1, -0.05) is 11.6 Å². The largest absolute Gasteiger partial charge is 0.398 e. The van der Waals surface area contributed by atoms with Crippen molar-refractivity contribution < 1.29 is 4.79 Å². The Labute approximate surface area is 182 Å². The van der Waals surface area contributed by atoms with E-state index in [2.05, 4.69) is 12.2 Å². The summed E-state index contributed by atoms with van der Waals surface area (Å²) < 4.78 is 1.92. The van der Waals surface area contributed by atoms with Crippen LogP contribution in [0.25, 0.3) is 5.65 Å². The van der Waals surface area contributed by atoms with Gasteiger partial charge in [-0.2, -0.15) is 9.61 Å². The third kappa shape index (κ3) is 3.62. The van der Waals surface area contributed by atoms with Crippen LogP contribution in [-0.4, -0.2) is 38.0 Å². The maximum Gasteiger partial charge on any atom is 0.256 e. The molecule has 2 aliphatic rings. The number of amides is 1. The van der Waals surface area contributed by atoms with E-state index in [4.69, 9.17) is 15.8 Å². The van der Waals surface area contributed by atoms with E-state index in [9.17, 15) is 4.79 Å². The topological polar surface area (TPSA) is 88.5 Å². The molecule has 162 valence electrons. The highest BCUT2D eigenvalue weighted by molar-refractivity contribution is 5.99. The lowest BCUT2D eigenvalue weighted by Crippen LogP contribution is -2.39. The fourth-order valence-corrected chi connectivity index (χ4v) is 4.46. The summed E-state index contributed by atoms with van der Waals surface area (Å²) in [6.07, 6.45) is 5.35. The van der Waals surface area contributed by atoms with E-state index in [1.807, 2.05) is 47.5 Å². The van der Waals surface area contributed by atoms with Gasteiger partial charge in [0.2, 0.25) is 0 Å². The van der Waals surface area contributed by atoms with E-state index in [0.717, 1.165) is 53.2 Å². The summed E-state index contributed by atoms with van der Waals surface area (Å²) in [5, 5.41) is 8.57. The minimum atomic E-state index is -0.0720. The Bertz CT molecular complexity index is 1160. The van der Waals surface area contributed by atoms with Gasteiger partial charge in [0.25, 0.3) is 5.91 Å². The number of carbonyl (C=O) groups excluding carboxylic acids is 1. The molecule has 0 radical (unpaired) electrons. The number of fused-ring (bicyclic) bond motifs is 1. The van der Waals surface area contributed by atoms with Gasteiger partial charge in [0.15, 0.2) is 5.65 Å².